The topological polar surface area (TPSA) is 60.9 Å². The Hall–Kier alpha value is -2.54. The largest absolute Gasteiger partial charge is 0.368 e. The number of rotatable bonds is 5. The van der Waals surface area contributed by atoms with Crippen LogP contribution in [0.15, 0.2) is 36.4 Å². The van der Waals surface area contributed by atoms with E-state index in [-0.39, 0.29) is 12.5 Å². The van der Waals surface area contributed by atoms with Crippen LogP contribution in [0.2, 0.25) is 0 Å². The first kappa shape index (κ1) is 22.2. The third-order valence-corrected chi connectivity index (χ3v) is 6.98. The number of anilines is 2. The predicted molar refractivity (Wildman–Crippen MR) is 123 cm³/mol. The zero-order chi connectivity index (χ0) is 22.1. The van der Waals surface area contributed by atoms with Crippen LogP contribution in [-0.4, -0.2) is 58.2 Å². The fourth-order valence-electron chi connectivity index (χ4n) is 3.96. The summed E-state index contributed by atoms with van der Waals surface area (Å²) in [6.07, 6.45) is 1.15. The number of aryl methyl sites for hydroxylation is 3. The number of carbonyl (C=O) groups excluding carboxylic acids is 1. The quantitative estimate of drug-likeness (QED) is 0.733. The Bertz CT molecular complexity index is 1040. The lowest BCUT2D eigenvalue weighted by atomic mass is 10.1. The Labute approximate surface area is 180 Å². The molecular formula is C23H31N3O3S. The standard InChI is InChI=1S/C23H31N3O3S/c1-17-9-10-21(19(3)15-17)26(30(5,28)29)16-23(27)25-13-11-24(12-14-25)22-8-6-7-18(2)20(22)4/h6-10,15H,11-14,16H2,1-5H3. The molecule has 0 atom stereocenters. The Balaban J connectivity index is 1.71. The van der Waals surface area contributed by atoms with Gasteiger partial charge in [-0.2, -0.15) is 0 Å². The van der Waals surface area contributed by atoms with Gasteiger partial charge in [-0.25, -0.2) is 8.42 Å². The molecule has 1 fully saturated rings. The van der Waals surface area contributed by atoms with Gasteiger partial charge in [-0.3, -0.25) is 9.10 Å². The van der Waals surface area contributed by atoms with E-state index in [1.165, 1.54) is 21.1 Å². The van der Waals surface area contributed by atoms with Gasteiger partial charge in [0.05, 0.1) is 11.9 Å². The number of hydrogen-bond donors (Lipinski definition) is 0. The van der Waals surface area contributed by atoms with Gasteiger partial charge in [0.1, 0.15) is 6.54 Å². The van der Waals surface area contributed by atoms with Crippen LogP contribution in [0, 0.1) is 27.7 Å². The minimum Gasteiger partial charge on any atom is -0.368 e. The molecule has 1 amide bonds. The van der Waals surface area contributed by atoms with E-state index in [1.54, 1.807) is 11.0 Å². The molecule has 1 saturated heterocycles. The lowest BCUT2D eigenvalue weighted by molar-refractivity contribution is -0.129. The second-order valence-electron chi connectivity index (χ2n) is 8.15. The van der Waals surface area contributed by atoms with E-state index in [0.29, 0.717) is 18.8 Å². The summed E-state index contributed by atoms with van der Waals surface area (Å²) in [5.41, 5.74) is 6.17. The van der Waals surface area contributed by atoms with Crippen LogP contribution < -0.4 is 9.21 Å². The number of carbonyl (C=O) groups is 1. The maximum absolute atomic E-state index is 13.0. The van der Waals surface area contributed by atoms with Crippen molar-refractivity contribution in [2.24, 2.45) is 0 Å². The van der Waals surface area contributed by atoms with E-state index >= 15 is 0 Å². The zero-order valence-electron chi connectivity index (χ0n) is 18.5. The van der Waals surface area contributed by atoms with Crippen molar-refractivity contribution in [1.82, 2.24) is 4.90 Å². The molecule has 0 spiro atoms. The van der Waals surface area contributed by atoms with Crippen LogP contribution in [0.3, 0.4) is 0 Å². The molecule has 6 nitrogen and oxygen atoms in total. The Morgan fingerprint density at radius 2 is 1.63 bits per heavy atom. The van der Waals surface area contributed by atoms with Gasteiger partial charge < -0.3 is 9.80 Å². The fourth-order valence-corrected chi connectivity index (χ4v) is 4.87. The number of piperazine rings is 1. The minimum absolute atomic E-state index is 0.166. The molecular weight excluding hydrogens is 398 g/mol. The van der Waals surface area contributed by atoms with Gasteiger partial charge in [-0.05, 0) is 56.5 Å². The second kappa shape index (κ2) is 8.68. The summed E-state index contributed by atoms with van der Waals surface area (Å²) in [5.74, 6) is -0.166. The summed E-state index contributed by atoms with van der Waals surface area (Å²) in [7, 11) is -3.58. The van der Waals surface area contributed by atoms with E-state index in [1.807, 2.05) is 26.0 Å². The number of hydrogen-bond acceptors (Lipinski definition) is 4. The first-order valence-electron chi connectivity index (χ1n) is 10.2. The summed E-state index contributed by atoms with van der Waals surface area (Å²) in [6, 6.07) is 11.9. The highest BCUT2D eigenvalue weighted by Gasteiger charge is 2.27. The molecule has 2 aromatic rings. The summed E-state index contributed by atoms with van der Waals surface area (Å²) in [5, 5.41) is 0. The molecule has 0 aromatic heterocycles. The molecule has 2 aromatic carbocycles. The van der Waals surface area contributed by atoms with Gasteiger partial charge in [0.25, 0.3) is 0 Å². The molecule has 162 valence electrons. The molecule has 1 heterocycles. The van der Waals surface area contributed by atoms with Crippen LogP contribution in [0.5, 0.6) is 0 Å². The van der Waals surface area contributed by atoms with Crippen molar-refractivity contribution in [2.75, 3.05) is 48.2 Å². The van der Waals surface area contributed by atoms with Crippen molar-refractivity contribution in [2.45, 2.75) is 27.7 Å². The first-order valence-corrected chi connectivity index (χ1v) is 12.1. The molecule has 0 bridgehead atoms. The summed E-state index contributed by atoms with van der Waals surface area (Å²) >= 11 is 0. The van der Waals surface area contributed by atoms with E-state index in [2.05, 4.69) is 36.9 Å². The van der Waals surface area contributed by atoms with Crippen LogP contribution in [0.1, 0.15) is 22.3 Å². The third kappa shape index (κ3) is 4.78. The number of benzene rings is 2. The second-order valence-corrected chi connectivity index (χ2v) is 10.1. The van der Waals surface area contributed by atoms with Crippen molar-refractivity contribution >= 4 is 27.3 Å². The lowest BCUT2D eigenvalue weighted by Gasteiger charge is -2.38. The van der Waals surface area contributed by atoms with Crippen LogP contribution >= 0.6 is 0 Å². The Kier molecular flexibility index (Phi) is 6.41. The van der Waals surface area contributed by atoms with Gasteiger partial charge in [0.15, 0.2) is 0 Å². The van der Waals surface area contributed by atoms with E-state index in [4.69, 9.17) is 0 Å². The van der Waals surface area contributed by atoms with E-state index in [9.17, 15) is 13.2 Å². The summed E-state index contributed by atoms with van der Waals surface area (Å²) in [6.45, 7) is 10.5. The SMILES string of the molecule is Cc1ccc(N(CC(=O)N2CCN(c3cccc(C)c3C)CC2)S(C)(=O)=O)c(C)c1. The highest BCUT2D eigenvalue weighted by molar-refractivity contribution is 7.92. The monoisotopic (exact) mass is 429 g/mol. The Morgan fingerprint density at radius 3 is 2.23 bits per heavy atom. The fraction of sp³-hybridized carbons (Fsp3) is 0.435. The molecule has 30 heavy (non-hydrogen) atoms. The van der Waals surface area contributed by atoms with E-state index in [0.717, 1.165) is 30.5 Å². The molecule has 3 rings (SSSR count). The van der Waals surface area contributed by atoms with Gasteiger partial charge >= 0.3 is 0 Å². The average molecular weight is 430 g/mol. The van der Waals surface area contributed by atoms with E-state index < -0.39 is 10.0 Å². The molecule has 7 heteroatoms. The number of amides is 1. The molecule has 1 aliphatic heterocycles. The molecule has 0 aliphatic carbocycles. The predicted octanol–water partition coefficient (Wildman–Crippen LogP) is 3.04. The van der Waals surface area contributed by atoms with Crippen molar-refractivity contribution in [1.29, 1.82) is 0 Å². The average Bonchev–Trinajstić information content (AvgIpc) is 2.68. The van der Waals surface area contributed by atoms with Crippen molar-refractivity contribution < 1.29 is 13.2 Å². The van der Waals surface area contributed by atoms with Crippen LogP contribution in [-0.2, 0) is 14.8 Å². The lowest BCUT2D eigenvalue weighted by Crippen LogP contribution is -2.52. The molecule has 0 unspecified atom stereocenters. The molecule has 1 aliphatic rings. The first-order chi connectivity index (χ1) is 14.1. The van der Waals surface area contributed by atoms with Crippen molar-refractivity contribution in [3.63, 3.8) is 0 Å². The summed E-state index contributed by atoms with van der Waals surface area (Å²) < 4.78 is 26.1. The van der Waals surface area contributed by atoms with Gasteiger partial charge in [0, 0.05) is 31.9 Å². The Morgan fingerprint density at radius 1 is 0.967 bits per heavy atom. The molecule has 0 radical (unpaired) electrons. The highest BCUT2D eigenvalue weighted by Crippen LogP contribution is 2.25. The van der Waals surface area contributed by atoms with Gasteiger partial charge in [-0.1, -0.05) is 29.8 Å². The number of nitrogens with zero attached hydrogens (tertiary/aromatic N) is 3. The maximum Gasteiger partial charge on any atom is 0.243 e. The minimum atomic E-state index is -3.58. The molecule has 0 N–H and O–H groups in total. The number of sulfonamides is 1. The normalized spacial score (nSPS) is 14.7. The highest BCUT2D eigenvalue weighted by atomic mass is 32.2. The zero-order valence-corrected chi connectivity index (χ0v) is 19.3. The maximum atomic E-state index is 13.0. The summed E-state index contributed by atoms with van der Waals surface area (Å²) in [4.78, 5) is 17.0. The van der Waals surface area contributed by atoms with Crippen molar-refractivity contribution in [3.05, 3.63) is 58.7 Å². The van der Waals surface area contributed by atoms with Crippen molar-refractivity contribution in [3.8, 4) is 0 Å². The molecule has 0 saturated carbocycles. The van der Waals surface area contributed by atoms with Gasteiger partial charge in [0.2, 0.25) is 15.9 Å². The third-order valence-electron chi connectivity index (χ3n) is 5.85. The van der Waals surface area contributed by atoms with Crippen LogP contribution in [0.25, 0.3) is 0 Å². The van der Waals surface area contributed by atoms with Gasteiger partial charge in [-0.15, -0.1) is 0 Å². The van der Waals surface area contributed by atoms with Crippen LogP contribution in [0.4, 0.5) is 11.4 Å². The smallest absolute Gasteiger partial charge is 0.243 e.